The molecule has 0 radical (unpaired) electrons. The highest BCUT2D eigenvalue weighted by Gasteiger charge is 2.21. The lowest BCUT2D eigenvalue weighted by atomic mass is 9.92. The van der Waals surface area contributed by atoms with Crippen LogP contribution >= 0.6 is 0 Å². The monoisotopic (exact) mass is 258 g/mol. The molecule has 0 saturated carbocycles. The van der Waals surface area contributed by atoms with Gasteiger partial charge in [-0.2, -0.15) is 0 Å². The summed E-state index contributed by atoms with van der Waals surface area (Å²) in [6.45, 7) is 11.2. The summed E-state index contributed by atoms with van der Waals surface area (Å²) in [6.07, 6.45) is 6.57. The fourth-order valence-electron chi connectivity index (χ4n) is 2.17. The van der Waals surface area contributed by atoms with E-state index in [1.54, 1.807) is 0 Å². The predicted octanol–water partition coefficient (Wildman–Crippen LogP) is 2.77. The zero-order valence-electron chi connectivity index (χ0n) is 12.9. The van der Waals surface area contributed by atoms with Crippen LogP contribution in [0.2, 0.25) is 0 Å². The number of hydrogen-bond donors (Lipinski definition) is 2. The number of aliphatic hydroxyl groups is 1. The molecule has 0 aromatic heterocycles. The van der Waals surface area contributed by atoms with Crippen LogP contribution < -0.4 is 5.73 Å². The molecule has 0 aliphatic heterocycles. The van der Waals surface area contributed by atoms with E-state index >= 15 is 0 Å². The highest BCUT2D eigenvalue weighted by Crippen LogP contribution is 2.15. The van der Waals surface area contributed by atoms with Crippen molar-refractivity contribution in [3.8, 4) is 0 Å². The lowest BCUT2D eigenvalue weighted by molar-refractivity contribution is 0.158. The third-order valence-corrected chi connectivity index (χ3v) is 4.15. The van der Waals surface area contributed by atoms with Gasteiger partial charge in [0.05, 0.1) is 6.61 Å². The van der Waals surface area contributed by atoms with Gasteiger partial charge in [0.15, 0.2) is 0 Å². The maximum absolute atomic E-state index is 9.31. The fraction of sp³-hybridized carbons (Fsp3) is 1.00. The van der Waals surface area contributed by atoms with Crippen LogP contribution in [0.5, 0.6) is 0 Å². The van der Waals surface area contributed by atoms with Crippen molar-refractivity contribution in [1.82, 2.24) is 4.90 Å². The zero-order chi connectivity index (χ0) is 14.0. The quantitative estimate of drug-likeness (QED) is 0.599. The van der Waals surface area contributed by atoms with Gasteiger partial charge in [0.2, 0.25) is 0 Å². The van der Waals surface area contributed by atoms with Crippen molar-refractivity contribution in [1.29, 1.82) is 0 Å². The molecule has 3 heteroatoms. The number of nitrogens with zero attached hydrogens (tertiary/aromatic N) is 1. The molecule has 0 amide bonds. The lowest BCUT2D eigenvalue weighted by Gasteiger charge is -2.31. The van der Waals surface area contributed by atoms with Gasteiger partial charge < -0.3 is 15.7 Å². The molecule has 2 atom stereocenters. The lowest BCUT2D eigenvalue weighted by Crippen LogP contribution is -2.44. The minimum absolute atomic E-state index is 0.0990. The summed E-state index contributed by atoms with van der Waals surface area (Å²) >= 11 is 0. The average Bonchev–Trinajstić information content (AvgIpc) is 2.41. The van der Waals surface area contributed by atoms with Crippen LogP contribution in [0.1, 0.15) is 66.2 Å². The van der Waals surface area contributed by atoms with Gasteiger partial charge in [-0.3, -0.25) is 0 Å². The first-order valence-electron chi connectivity index (χ1n) is 7.66. The number of rotatable bonds is 11. The minimum Gasteiger partial charge on any atom is -0.394 e. The molecule has 2 unspecified atom stereocenters. The Kier molecular flexibility index (Phi) is 9.70. The van der Waals surface area contributed by atoms with E-state index in [4.69, 9.17) is 5.73 Å². The van der Waals surface area contributed by atoms with Crippen molar-refractivity contribution < 1.29 is 5.11 Å². The standard InChI is InChI=1S/C15H34N2O/c1-5-8-11-17(14(4)6-2)12-9-10-15(16,7-3)13-18/h14,18H,5-13,16H2,1-4H3. The van der Waals surface area contributed by atoms with Crippen LogP contribution in [0.4, 0.5) is 0 Å². The van der Waals surface area contributed by atoms with Gasteiger partial charge >= 0.3 is 0 Å². The van der Waals surface area contributed by atoms with Crippen molar-refractivity contribution in [2.24, 2.45) is 5.73 Å². The summed E-state index contributed by atoms with van der Waals surface area (Å²) in [5.41, 5.74) is 5.75. The summed E-state index contributed by atoms with van der Waals surface area (Å²) in [5.74, 6) is 0. The van der Waals surface area contributed by atoms with E-state index in [1.165, 1.54) is 25.8 Å². The molecule has 0 aliphatic rings. The molecule has 0 fully saturated rings. The van der Waals surface area contributed by atoms with E-state index in [0.29, 0.717) is 6.04 Å². The van der Waals surface area contributed by atoms with Gasteiger partial charge in [0.25, 0.3) is 0 Å². The maximum Gasteiger partial charge on any atom is 0.0611 e. The molecule has 0 rings (SSSR count). The van der Waals surface area contributed by atoms with Crippen molar-refractivity contribution in [3.63, 3.8) is 0 Å². The number of aliphatic hydroxyl groups excluding tert-OH is 1. The molecule has 0 aromatic carbocycles. The van der Waals surface area contributed by atoms with Gasteiger partial charge in [0, 0.05) is 11.6 Å². The molecule has 0 spiro atoms. The van der Waals surface area contributed by atoms with E-state index in [1.807, 2.05) is 0 Å². The molecule has 18 heavy (non-hydrogen) atoms. The second-order valence-corrected chi connectivity index (χ2v) is 5.62. The number of nitrogens with two attached hydrogens (primary N) is 1. The van der Waals surface area contributed by atoms with Crippen molar-refractivity contribution in [2.45, 2.75) is 77.8 Å². The highest BCUT2D eigenvalue weighted by molar-refractivity contribution is 4.82. The van der Waals surface area contributed by atoms with Crippen molar-refractivity contribution >= 4 is 0 Å². The third kappa shape index (κ3) is 6.72. The van der Waals surface area contributed by atoms with E-state index < -0.39 is 0 Å². The SMILES string of the molecule is CCCCN(CCCC(N)(CC)CO)C(C)CC. The largest absolute Gasteiger partial charge is 0.394 e. The van der Waals surface area contributed by atoms with Gasteiger partial charge in [-0.15, -0.1) is 0 Å². The smallest absolute Gasteiger partial charge is 0.0611 e. The number of unbranched alkanes of at least 4 members (excludes halogenated alkanes) is 1. The molecule has 0 aliphatic carbocycles. The average molecular weight is 258 g/mol. The van der Waals surface area contributed by atoms with Gasteiger partial charge in [-0.1, -0.05) is 27.2 Å². The fourth-order valence-corrected chi connectivity index (χ4v) is 2.17. The van der Waals surface area contributed by atoms with E-state index in [-0.39, 0.29) is 12.1 Å². The molecule has 0 aromatic rings. The molecule has 3 nitrogen and oxygen atoms in total. The topological polar surface area (TPSA) is 49.5 Å². The van der Waals surface area contributed by atoms with Gasteiger partial charge in [-0.25, -0.2) is 0 Å². The van der Waals surface area contributed by atoms with Gasteiger partial charge in [0.1, 0.15) is 0 Å². The summed E-state index contributed by atoms with van der Waals surface area (Å²) in [7, 11) is 0. The Labute approximate surface area is 114 Å². The maximum atomic E-state index is 9.31. The Bertz CT molecular complexity index is 193. The predicted molar refractivity (Wildman–Crippen MR) is 79.8 cm³/mol. The van der Waals surface area contributed by atoms with Crippen LogP contribution in [0.3, 0.4) is 0 Å². The Morgan fingerprint density at radius 3 is 2.22 bits per heavy atom. The first kappa shape index (κ1) is 17.9. The van der Waals surface area contributed by atoms with Crippen LogP contribution in [0.25, 0.3) is 0 Å². The highest BCUT2D eigenvalue weighted by atomic mass is 16.3. The molecular formula is C15H34N2O. The van der Waals surface area contributed by atoms with E-state index in [9.17, 15) is 5.11 Å². The van der Waals surface area contributed by atoms with Crippen LogP contribution in [-0.4, -0.2) is 41.3 Å². The first-order valence-corrected chi connectivity index (χ1v) is 7.66. The Hall–Kier alpha value is -0.120. The van der Waals surface area contributed by atoms with Crippen molar-refractivity contribution in [3.05, 3.63) is 0 Å². The van der Waals surface area contributed by atoms with E-state index in [2.05, 4.69) is 32.6 Å². The molecule has 0 saturated heterocycles. The van der Waals surface area contributed by atoms with Crippen LogP contribution in [0.15, 0.2) is 0 Å². The number of hydrogen-bond acceptors (Lipinski definition) is 3. The van der Waals surface area contributed by atoms with Gasteiger partial charge in [-0.05, 0) is 52.1 Å². The summed E-state index contributed by atoms with van der Waals surface area (Å²) in [4.78, 5) is 2.57. The molecular weight excluding hydrogens is 224 g/mol. The van der Waals surface area contributed by atoms with Crippen LogP contribution in [0, 0.1) is 0 Å². The summed E-state index contributed by atoms with van der Waals surface area (Å²) < 4.78 is 0. The minimum atomic E-state index is -0.369. The Morgan fingerprint density at radius 2 is 1.78 bits per heavy atom. The Balaban J connectivity index is 4.09. The second-order valence-electron chi connectivity index (χ2n) is 5.62. The van der Waals surface area contributed by atoms with Crippen LogP contribution in [-0.2, 0) is 0 Å². The molecule has 0 heterocycles. The Morgan fingerprint density at radius 1 is 1.17 bits per heavy atom. The summed E-state index contributed by atoms with van der Waals surface area (Å²) in [6, 6.07) is 0.652. The molecule has 110 valence electrons. The van der Waals surface area contributed by atoms with E-state index in [0.717, 1.165) is 25.8 Å². The van der Waals surface area contributed by atoms with Crippen molar-refractivity contribution in [2.75, 3.05) is 19.7 Å². The normalized spacial score (nSPS) is 16.8. The molecule has 3 N–H and O–H groups in total. The second kappa shape index (κ2) is 9.76. The first-order chi connectivity index (χ1) is 8.52. The summed E-state index contributed by atoms with van der Waals surface area (Å²) in [5, 5.41) is 9.31. The molecule has 0 bridgehead atoms. The third-order valence-electron chi connectivity index (χ3n) is 4.15. The zero-order valence-corrected chi connectivity index (χ0v) is 12.9.